The minimum atomic E-state index is -1.16. The number of benzene rings is 1. The smallest absolute Gasteiger partial charge is 0.219 e. The number of anilines is 2. The number of rotatable bonds is 5. The van der Waals surface area contributed by atoms with Gasteiger partial charge in [0.05, 0.1) is 10.6 Å². The van der Waals surface area contributed by atoms with Gasteiger partial charge in [-0.15, -0.1) is 22.7 Å². The Hall–Kier alpha value is -2.98. The highest BCUT2D eigenvalue weighted by molar-refractivity contribution is 7.19. The quantitative estimate of drug-likeness (QED) is 0.428. The van der Waals surface area contributed by atoms with E-state index in [1.165, 1.54) is 11.3 Å². The Balaban J connectivity index is 1.72. The molecule has 4 aromatic rings. The van der Waals surface area contributed by atoms with E-state index in [1.54, 1.807) is 30.1 Å². The molecule has 0 radical (unpaired) electrons. The van der Waals surface area contributed by atoms with Gasteiger partial charge in [-0.1, -0.05) is 0 Å². The molecule has 3 aromatic heterocycles. The molecule has 0 saturated heterocycles. The van der Waals surface area contributed by atoms with E-state index in [1.807, 2.05) is 11.4 Å². The molecule has 0 fully saturated rings. The van der Waals surface area contributed by atoms with Crippen LogP contribution < -0.4 is 4.90 Å². The third kappa shape index (κ3) is 3.20. The van der Waals surface area contributed by atoms with Crippen LogP contribution in [0.15, 0.2) is 41.9 Å². The van der Waals surface area contributed by atoms with Gasteiger partial charge in [0, 0.05) is 30.8 Å². The molecule has 0 aliphatic heterocycles. The lowest BCUT2D eigenvalue weighted by Gasteiger charge is -2.16. The molecule has 142 valence electrons. The largest absolute Gasteiger partial charge is 0.278 e. The molecular formula is C18H11F3N4OS2. The summed E-state index contributed by atoms with van der Waals surface area (Å²) >= 11 is 2.61. The molecule has 0 bridgehead atoms. The minimum absolute atomic E-state index is 0.284. The Bertz CT molecular complexity index is 1130. The van der Waals surface area contributed by atoms with Crippen LogP contribution in [0, 0.1) is 17.5 Å². The van der Waals surface area contributed by atoms with Gasteiger partial charge < -0.3 is 0 Å². The summed E-state index contributed by atoms with van der Waals surface area (Å²) in [4.78, 5) is 17.3. The number of aryl methyl sites for hydroxylation is 1. The summed E-state index contributed by atoms with van der Waals surface area (Å²) < 4.78 is 43.0. The molecule has 0 unspecified atom stereocenters. The fourth-order valence-electron chi connectivity index (χ4n) is 2.73. The maximum absolute atomic E-state index is 14.1. The Kier molecular flexibility index (Phi) is 4.73. The maximum Gasteiger partial charge on any atom is 0.219 e. The number of aromatic nitrogens is 3. The molecule has 1 amide bonds. The first-order valence-corrected chi connectivity index (χ1v) is 9.60. The molecule has 28 heavy (non-hydrogen) atoms. The van der Waals surface area contributed by atoms with Crippen LogP contribution in [0.1, 0.15) is 0 Å². The average molecular weight is 420 g/mol. The predicted molar refractivity (Wildman–Crippen MR) is 102 cm³/mol. The van der Waals surface area contributed by atoms with Crippen molar-refractivity contribution < 1.29 is 18.0 Å². The van der Waals surface area contributed by atoms with Crippen LogP contribution in [0.5, 0.6) is 0 Å². The Morgan fingerprint density at radius 1 is 1.14 bits per heavy atom. The van der Waals surface area contributed by atoms with E-state index in [9.17, 15) is 18.0 Å². The van der Waals surface area contributed by atoms with Crippen molar-refractivity contribution >= 4 is 39.8 Å². The van der Waals surface area contributed by atoms with Gasteiger partial charge >= 0.3 is 0 Å². The van der Waals surface area contributed by atoms with Crippen molar-refractivity contribution in [1.29, 1.82) is 0 Å². The number of carbonyl (C=O) groups excluding carboxylic acids is 1. The molecule has 0 aliphatic carbocycles. The molecule has 5 nitrogen and oxygen atoms in total. The van der Waals surface area contributed by atoms with Crippen LogP contribution in [0.25, 0.3) is 21.3 Å². The van der Waals surface area contributed by atoms with Crippen molar-refractivity contribution in [2.75, 3.05) is 4.90 Å². The van der Waals surface area contributed by atoms with Crippen molar-refractivity contribution in [3.05, 3.63) is 59.4 Å². The average Bonchev–Trinajstić information content (AvgIpc) is 3.38. The summed E-state index contributed by atoms with van der Waals surface area (Å²) in [5.41, 5.74) is 0.830. The van der Waals surface area contributed by atoms with E-state index in [2.05, 4.69) is 10.1 Å². The Morgan fingerprint density at radius 3 is 2.54 bits per heavy atom. The van der Waals surface area contributed by atoms with Crippen LogP contribution in [0.3, 0.4) is 0 Å². The SMILES string of the molecule is Cn1nc(-c2nccs2)cc1-c1ccc(N(C=O)c2c(F)cc(F)cc2F)s1. The fraction of sp³-hybridized carbons (Fsp3) is 0.0556. The van der Waals surface area contributed by atoms with Gasteiger partial charge in [-0.2, -0.15) is 5.10 Å². The summed E-state index contributed by atoms with van der Waals surface area (Å²) in [7, 11) is 1.77. The predicted octanol–water partition coefficient (Wildman–Crippen LogP) is 4.98. The lowest BCUT2D eigenvalue weighted by Crippen LogP contribution is -2.16. The normalized spacial score (nSPS) is 11.0. The number of halogens is 3. The Morgan fingerprint density at radius 2 is 1.89 bits per heavy atom. The van der Waals surface area contributed by atoms with E-state index < -0.39 is 23.1 Å². The van der Waals surface area contributed by atoms with Gasteiger partial charge in [0.2, 0.25) is 6.41 Å². The van der Waals surface area contributed by atoms with E-state index in [4.69, 9.17) is 0 Å². The van der Waals surface area contributed by atoms with Crippen molar-refractivity contribution in [2.24, 2.45) is 7.05 Å². The zero-order chi connectivity index (χ0) is 19.8. The van der Waals surface area contributed by atoms with Gasteiger partial charge in [-0.25, -0.2) is 18.2 Å². The molecule has 0 spiro atoms. The highest BCUT2D eigenvalue weighted by atomic mass is 32.1. The number of nitrogens with zero attached hydrogens (tertiary/aromatic N) is 4. The summed E-state index contributed by atoms with van der Waals surface area (Å²) in [6.45, 7) is 0. The molecule has 10 heteroatoms. The standard InChI is InChI=1S/C18H11F3N4OS2/c1-24-14(8-13(23-24)18-22-4-5-27-18)15-2-3-16(28-15)25(9-26)17-11(20)6-10(19)7-12(17)21/h2-9H,1H3. The number of carbonyl (C=O) groups is 1. The summed E-state index contributed by atoms with van der Waals surface area (Å²) in [6.07, 6.45) is 1.98. The van der Waals surface area contributed by atoms with E-state index in [0.29, 0.717) is 24.2 Å². The van der Waals surface area contributed by atoms with Gasteiger partial charge in [-0.05, 0) is 18.2 Å². The first-order chi connectivity index (χ1) is 13.5. The van der Waals surface area contributed by atoms with Gasteiger partial charge in [-0.3, -0.25) is 14.4 Å². The van der Waals surface area contributed by atoms with Crippen LogP contribution in [-0.2, 0) is 11.8 Å². The molecule has 4 rings (SSSR count). The topological polar surface area (TPSA) is 51.0 Å². The first kappa shape index (κ1) is 18.4. The molecular weight excluding hydrogens is 409 g/mol. The lowest BCUT2D eigenvalue weighted by atomic mass is 10.2. The summed E-state index contributed by atoms with van der Waals surface area (Å²) in [6, 6.07) is 6.19. The molecule has 3 heterocycles. The van der Waals surface area contributed by atoms with Crippen molar-refractivity contribution in [3.8, 4) is 21.3 Å². The first-order valence-electron chi connectivity index (χ1n) is 7.91. The maximum atomic E-state index is 14.1. The fourth-order valence-corrected chi connectivity index (χ4v) is 4.35. The second-order valence-electron chi connectivity index (χ2n) is 5.71. The van der Waals surface area contributed by atoms with E-state index in [-0.39, 0.29) is 5.00 Å². The van der Waals surface area contributed by atoms with Crippen LogP contribution in [-0.4, -0.2) is 21.2 Å². The van der Waals surface area contributed by atoms with Crippen LogP contribution in [0.4, 0.5) is 23.9 Å². The highest BCUT2D eigenvalue weighted by Crippen LogP contribution is 2.39. The van der Waals surface area contributed by atoms with Gasteiger partial charge in [0.1, 0.15) is 27.2 Å². The number of thiazole rings is 1. The third-order valence-corrected chi connectivity index (χ3v) is 5.84. The second-order valence-corrected chi connectivity index (χ2v) is 7.66. The minimum Gasteiger partial charge on any atom is -0.278 e. The molecule has 0 atom stereocenters. The zero-order valence-corrected chi connectivity index (χ0v) is 15.9. The lowest BCUT2D eigenvalue weighted by molar-refractivity contribution is -0.106. The highest BCUT2D eigenvalue weighted by Gasteiger charge is 2.22. The third-order valence-electron chi connectivity index (χ3n) is 3.94. The molecule has 0 aliphatic rings. The van der Waals surface area contributed by atoms with Crippen LogP contribution >= 0.6 is 22.7 Å². The van der Waals surface area contributed by atoms with E-state index in [0.717, 1.165) is 31.8 Å². The van der Waals surface area contributed by atoms with Gasteiger partial charge in [0.15, 0.2) is 11.6 Å². The number of hydrogen-bond donors (Lipinski definition) is 0. The molecule has 0 saturated carbocycles. The van der Waals surface area contributed by atoms with Crippen molar-refractivity contribution in [3.63, 3.8) is 0 Å². The second kappa shape index (κ2) is 7.21. The monoisotopic (exact) mass is 420 g/mol. The number of thiophene rings is 1. The Labute approximate surface area is 165 Å². The summed E-state index contributed by atoms with van der Waals surface area (Å²) in [5, 5.41) is 7.33. The summed E-state index contributed by atoms with van der Waals surface area (Å²) in [5.74, 6) is -3.38. The number of hydrogen-bond acceptors (Lipinski definition) is 5. The van der Waals surface area contributed by atoms with E-state index >= 15 is 0 Å². The molecule has 1 aromatic carbocycles. The van der Waals surface area contributed by atoms with Crippen molar-refractivity contribution in [1.82, 2.24) is 14.8 Å². The van der Waals surface area contributed by atoms with Crippen molar-refractivity contribution in [2.45, 2.75) is 0 Å². The van der Waals surface area contributed by atoms with Gasteiger partial charge in [0.25, 0.3) is 0 Å². The number of amides is 1. The zero-order valence-electron chi connectivity index (χ0n) is 14.3. The molecule has 0 N–H and O–H groups in total. The van der Waals surface area contributed by atoms with Crippen LogP contribution in [0.2, 0.25) is 0 Å².